The molecule has 0 saturated carbocycles. The number of hydrogen-bond acceptors (Lipinski definition) is 4. The third-order valence-electron chi connectivity index (χ3n) is 4.32. The summed E-state index contributed by atoms with van der Waals surface area (Å²) < 4.78 is 22.6. The standard InChI is InChI=1S/C15H32N2O2S/c1-6-15(4)12-17(8-7-9-20(5,18)19)14(11-16-15)10-13(2)3/h13-14,16H,6-12H2,1-5H3. The van der Waals surface area contributed by atoms with Crippen molar-refractivity contribution in [3.63, 3.8) is 0 Å². The van der Waals surface area contributed by atoms with Crippen molar-refractivity contribution in [3.05, 3.63) is 0 Å². The topological polar surface area (TPSA) is 49.4 Å². The minimum absolute atomic E-state index is 0.165. The summed E-state index contributed by atoms with van der Waals surface area (Å²) >= 11 is 0. The van der Waals surface area contributed by atoms with Crippen LogP contribution in [0.1, 0.15) is 47.0 Å². The molecule has 1 aliphatic heterocycles. The average Bonchev–Trinajstić information content (AvgIpc) is 2.31. The van der Waals surface area contributed by atoms with Gasteiger partial charge in [0.15, 0.2) is 0 Å². The molecule has 2 atom stereocenters. The fraction of sp³-hybridized carbons (Fsp3) is 1.00. The highest BCUT2D eigenvalue weighted by molar-refractivity contribution is 7.90. The maximum Gasteiger partial charge on any atom is 0.147 e. The molecule has 0 spiro atoms. The van der Waals surface area contributed by atoms with Crippen LogP contribution >= 0.6 is 0 Å². The molecule has 1 heterocycles. The molecule has 1 saturated heterocycles. The highest BCUT2D eigenvalue weighted by Gasteiger charge is 2.34. The molecule has 1 rings (SSSR count). The summed E-state index contributed by atoms with van der Waals surface area (Å²) in [6.07, 6.45) is 4.34. The maximum atomic E-state index is 11.3. The first-order valence-electron chi connectivity index (χ1n) is 7.82. The van der Waals surface area contributed by atoms with Crippen molar-refractivity contribution < 1.29 is 8.42 Å². The number of hydrogen-bond donors (Lipinski definition) is 1. The molecular weight excluding hydrogens is 272 g/mol. The van der Waals surface area contributed by atoms with E-state index < -0.39 is 9.84 Å². The van der Waals surface area contributed by atoms with E-state index in [1.54, 1.807) is 0 Å². The van der Waals surface area contributed by atoms with Crippen LogP contribution in [0.25, 0.3) is 0 Å². The molecule has 1 fully saturated rings. The van der Waals surface area contributed by atoms with Gasteiger partial charge < -0.3 is 5.32 Å². The maximum absolute atomic E-state index is 11.3. The number of sulfone groups is 1. The summed E-state index contributed by atoms with van der Waals surface area (Å²) in [4.78, 5) is 2.51. The molecular formula is C15H32N2O2S. The van der Waals surface area contributed by atoms with Gasteiger partial charge in [-0.1, -0.05) is 20.8 Å². The number of rotatable bonds is 7. The molecule has 4 nitrogen and oxygen atoms in total. The van der Waals surface area contributed by atoms with Gasteiger partial charge in [-0.3, -0.25) is 4.90 Å². The van der Waals surface area contributed by atoms with E-state index in [1.165, 1.54) is 12.7 Å². The zero-order valence-corrected chi connectivity index (χ0v) is 14.6. The van der Waals surface area contributed by atoms with Gasteiger partial charge in [-0.15, -0.1) is 0 Å². The number of nitrogens with zero attached hydrogens (tertiary/aromatic N) is 1. The minimum atomic E-state index is -2.84. The quantitative estimate of drug-likeness (QED) is 0.780. The highest BCUT2D eigenvalue weighted by Crippen LogP contribution is 2.22. The fourth-order valence-electron chi connectivity index (χ4n) is 2.93. The van der Waals surface area contributed by atoms with E-state index in [1.807, 2.05) is 0 Å². The average molecular weight is 305 g/mol. The SMILES string of the molecule is CCC1(C)CN(CCCS(C)(=O)=O)C(CC(C)C)CN1. The van der Waals surface area contributed by atoms with E-state index >= 15 is 0 Å². The van der Waals surface area contributed by atoms with Gasteiger partial charge in [0, 0.05) is 30.9 Å². The Kier molecular flexibility index (Phi) is 6.48. The second-order valence-corrected chi connectivity index (χ2v) is 9.29. The van der Waals surface area contributed by atoms with Gasteiger partial charge in [0.25, 0.3) is 0 Å². The fourth-order valence-corrected chi connectivity index (χ4v) is 3.58. The second kappa shape index (κ2) is 7.23. The van der Waals surface area contributed by atoms with Crippen molar-refractivity contribution in [1.82, 2.24) is 10.2 Å². The van der Waals surface area contributed by atoms with Gasteiger partial charge in [0.2, 0.25) is 0 Å². The van der Waals surface area contributed by atoms with Gasteiger partial charge in [-0.05, 0) is 38.6 Å². The summed E-state index contributed by atoms with van der Waals surface area (Å²) in [6, 6.07) is 0.536. The van der Waals surface area contributed by atoms with Crippen LogP contribution in [0.5, 0.6) is 0 Å². The van der Waals surface area contributed by atoms with E-state index in [0.717, 1.165) is 32.5 Å². The first-order valence-corrected chi connectivity index (χ1v) is 9.88. The second-order valence-electron chi connectivity index (χ2n) is 7.03. The lowest BCUT2D eigenvalue weighted by Crippen LogP contribution is -2.63. The van der Waals surface area contributed by atoms with E-state index in [0.29, 0.717) is 17.7 Å². The molecule has 0 aromatic carbocycles. The Bertz CT molecular complexity index is 395. The van der Waals surface area contributed by atoms with Crippen molar-refractivity contribution in [2.24, 2.45) is 5.92 Å². The summed E-state index contributed by atoms with van der Waals surface area (Å²) in [5.41, 5.74) is 0.165. The number of piperazine rings is 1. The van der Waals surface area contributed by atoms with E-state index in [-0.39, 0.29) is 5.54 Å². The Morgan fingerprint density at radius 1 is 1.40 bits per heavy atom. The highest BCUT2D eigenvalue weighted by atomic mass is 32.2. The summed E-state index contributed by atoms with van der Waals surface area (Å²) in [7, 11) is -2.84. The molecule has 120 valence electrons. The van der Waals surface area contributed by atoms with Crippen molar-refractivity contribution in [1.29, 1.82) is 0 Å². The smallest absolute Gasteiger partial charge is 0.147 e. The molecule has 0 aromatic heterocycles. The third-order valence-corrected chi connectivity index (χ3v) is 5.35. The van der Waals surface area contributed by atoms with Crippen LogP contribution in [-0.2, 0) is 9.84 Å². The first kappa shape index (κ1) is 17.9. The van der Waals surface area contributed by atoms with Crippen molar-refractivity contribution in [2.75, 3.05) is 31.6 Å². The minimum Gasteiger partial charge on any atom is -0.309 e. The normalized spacial score (nSPS) is 29.0. The molecule has 0 aromatic rings. The van der Waals surface area contributed by atoms with Gasteiger partial charge in [-0.25, -0.2) is 8.42 Å². The molecule has 0 radical (unpaired) electrons. The zero-order chi connectivity index (χ0) is 15.4. The third kappa shape index (κ3) is 6.10. The lowest BCUT2D eigenvalue weighted by molar-refractivity contribution is 0.0732. The van der Waals surface area contributed by atoms with Gasteiger partial charge >= 0.3 is 0 Å². The van der Waals surface area contributed by atoms with Crippen LogP contribution in [0.3, 0.4) is 0 Å². The molecule has 5 heteroatoms. The predicted molar refractivity (Wildman–Crippen MR) is 85.8 cm³/mol. The van der Waals surface area contributed by atoms with Gasteiger partial charge in [0.05, 0.1) is 5.75 Å². The number of nitrogens with one attached hydrogen (secondary N) is 1. The first-order chi connectivity index (χ1) is 9.15. The Balaban J connectivity index is 2.62. The largest absolute Gasteiger partial charge is 0.309 e. The van der Waals surface area contributed by atoms with Crippen LogP contribution in [0.4, 0.5) is 0 Å². The van der Waals surface area contributed by atoms with E-state index in [2.05, 4.69) is 37.9 Å². The Labute approximate surface area is 125 Å². The summed E-state index contributed by atoms with van der Waals surface area (Å²) in [5.74, 6) is 0.971. The molecule has 0 bridgehead atoms. The van der Waals surface area contributed by atoms with Crippen LogP contribution in [-0.4, -0.2) is 56.5 Å². The van der Waals surface area contributed by atoms with Crippen molar-refractivity contribution in [2.45, 2.75) is 58.5 Å². The monoisotopic (exact) mass is 304 g/mol. The molecule has 1 N–H and O–H groups in total. The summed E-state index contributed by atoms with van der Waals surface area (Å²) in [5, 5.41) is 3.68. The molecule has 20 heavy (non-hydrogen) atoms. The predicted octanol–water partition coefficient (Wildman–Crippen LogP) is 1.91. The van der Waals surface area contributed by atoms with Crippen LogP contribution < -0.4 is 5.32 Å². The lowest BCUT2D eigenvalue weighted by Gasteiger charge is -2.46. The van der Waals surface area contributed by atoms with Crippen LogP contribution in [0, 0.1) is 5.92 Å². The van der Waals surface area contributed by atoms with E-state index in [4.69, 9.17) is 0 Å². The molecule has 1 aliphatic rings. The van der Waals surface area contributed by atoms with E-state index in [9.17, 15) is 8.42 Å². The molecule has 2 unspecified atom stereocenters. The lowest BCUT2D eigenvalue weighted by atomic mass is 9.90. The Hall–Kier alpha value is -0.130. The Morgan fingerprint density at radius 2 is 2.05 bits per heavy atom. The molecule has 0 amide bonds. The Morgan fingerprint density at radius 3 is 2.55 bits per heavy atom. The van der Waals surface area contributed by atoms with Crippen molar-refractivity contribution >= 4 is 9.84 Å². The molecule has 0 aliphatic carbocycles. The van der Waals surface area contributed by atoms with Crippen LogP contribution in [0.2, 0.25) is 0 Å². The zero-order valence-electron chi connectivity index (χ0n) is 13.8. The van der Waals surface area contributed by atoms with Crippen molar-refractivity contribution in [3.8, 4) is 0 Å². The van der Waals surface area contributed by atoms with Gasteiger partial charge in [-0.2, -0.15) is 0 Å². The van der Waals surface area contributed by atoms with Gasteiger partial charge in [0.1, 0.15) is 9.84 Å². The summed E-state index contributed by atoms with van der Waals surface area (Å²) in [6.45, 7) is 11.9. The van der Waals surface area contributed by atoms with Crippen LogP contribution in [0.15, 0.2) is 0 Å².